The van der Waals surface area contributed by atoms with Gasteiger partial charge in [-0.25, -0.2) is 4.68 Å². The molecule has 0 aliphatic rings. The van der Waals surface area contributed by atoms with Gasteiger partial charge >= 0.3 is 5.97 Å². The van der Waals surface area contributed by atoms with Gasteiger partial charge in [-0.2, -0.15) is 5.10 Å². The summed E-state index contributed by atoms with van der Waals surface area (Å²) in [6, 6.07) is 7.98. The third kappa shape index (κ3) is 4.92. The monoisotopic (exact) mass is 393 g/mol. The second-order valence-electron chi connectivity index (χ2n) is 6.22. The van der Waals surface area contributed by atoms with E-state index in [1.165, 1.54) is 0 Å². The lowest BCUT2D eigenvalue weighted by molar-refractivity contribution is -0.138. The highest BCUT2D eigenvalue weighted by Crippen LogP contribution is 2.22. The Morgan fingerprint density at radius 3 is 2.54 bits per heavy atom. The molecule has 1 aromatic heterocycles. The minimum Gasteiger partial charge on any atom is -0.480 e. The summed E-state index contributed by atoms with van der Waals surface area (Å²) < 4.78 is 2.90. The molecular formula is C18H24BrN3O2. The topological polar surface area (TPSA) is 58.4 Å². The van der Waals surface area contributed by atoms with Crippen LogP contribution in [0, 0.1) is 0 Å². The van der Waals surface area contributed by atoms with E-state index in [9.17, 15) is 4.79 Å². The van der Waals surface area contributed by atoms with Crippen molar-refractivity contribution in [2.45, 2.75) is 39.7 Å². The normalized spacial score (nSPS) is 11.4. The van der Waals surface area contributed by atoms with Gasteiger partial charge < -0.3 is 5.11 Å². The van der Waals surface area contributed by atoms with Crippen LogP contribution in [0.3, 0.4) is 0 Å². The van der Waals surface area contributed by atoms with Gasteiger partial charge in [-0.3, -0.25) is 9.69 Å². The van der Waals surface area contributed by atoms with Crippen LogP contribution >= 0.6 is 15.9 Å². The average molecular weight is 394 g/mol. The number of rotatable bonds is 8. The van der Waals surface area contributed by atoms with Crippen LogP contribution in [0.15, 0.2) is 34.9 Å². The van der Waals surface area contributed by atoms with Gasteiger partial charge in [0.05, 0.1) is 17.9 Å². The fraction of sp³-hybridized carbons (Fsp3) is 0.444. The van der Waals surface area contributed by atoms with E-state index in [4.69, 9.17) is 10.2 Å². The summed E-state index contributed by atoms with van der Waals surface area (Å²) in [5, 5.41) is 13.8. The molecule has 0 saturated carbocycles. The third-order valence-corrected chi connectivity index (χ3v) is 4.28. The predicted molar refractivity (Wildman–Crippen MR) is 98.6 cm³/mol. The first-order valence-electron chi connectivity index (χ1n) is 8.19. The van der Waals surface area contributed by atoms with Gasteiger partial charge in [0.25, 0.3) is 0 Å². The molecule has 0 aliphatic heterocycles. The Bertz CT molecular complexity index is 680. The van der Waals surface area contributed by atoms with E-state index in [1.807, 2.05) is 40.0 Å². The summed E-state index contributed by atoms with van der Waals surface area (Å²) in [4.78, 5) is 13.0. The molecule has 1 heterocycles. The zero-order valence-electron chi connectivity index (χ0n) is 14.4. The lowest BCUT2D eigenvalue weighted by Gasteiger charge is -2.19. The smallest absolute Gasteiger partial charge is 0.317 e. The third-order valence-electron chi connectivity index (χ3n) is 3.75. The van der Waals surface area contributed by atoms with Gasteiger partial charge in [0.15, 0.2) is 0 Å². The molecule has 5 nitrogen and oxygen atoms in total. The second kappa shape index (κ2) is 8.44. The van der Waals surface area contributed by atoms with Crippen LogP contribution in [0.1, 0.15) is 44.4 Å². The highest BCUT2D eigenvalue weighted by molar-refractivity contribution is 9.10. The van der Waals surface area contributed by atoms with Crippen LogP contribution in [0.25, 0.3) is 5.69 Å². The van der Waals surface area contributed by atoms with Crippen LogP contribution in [0.4, 0.5) is 0 Å². The molecule has 2 rings (SSSR count). The highest BCUT2D eigenvalue weighted by atomic mass is 79.9. The van der Waals surface area contributed by atoms with Crippen molar-refractivity contribution in [3.63, 3.8) is 0 Å². The number of hydrogen-bond acceptors (Lipinski definition) is 3. The highest BCUT2D eigenvalue weighted by Gasteiger charge is 2.17. The van der Waals surface area contributed by atoms with Gasteiger partial charge in [0, 0.05) is 22.8 Å². The first-order chi connectivity index (χ1) is 11.4. The number of hydrogen-bond donors (Lipinski definition) is 1. The van der Waals surface area contributed by atoms with E-state index in [0.29, 0.717) is 6.54 Å². The van der Waals surface area contributed by atoms with Crippen molar-refractivity contribution < 1.29 is 9.90 Å². The number of halogens is 1. The number of carboxylic acid groups (broad SMARTS) is 1. The number of benzene rings is 1. The van der Waals surface area contributed by atoms with Gasteiger partial charge in [0.1, 0.15) is 0 Å². The molecule has 0 unspecified atom stereocenters. The van der Waals surface area contributed by atoms with Crippen LogP contribution in [0.2, 0.25) is 0 Å². The van der Waals surface area contributed by atoms with E-state index < -0.39 is 5.97 Å². The number of nitrogens with zero attached hydrogens (tertiary/aromatic N) is 3. The van der Waals surface area contributed by atoms with E-state index in [1.54, 1.807) is 0 Å². The quantitative estimate of drug-likeness (QED) is 0.734. The van der Waals surface area contributed by atoms with Crippen molar-refractivity contribution in [2.24, 2.45) is 0 Å². The Hall–Kier alpha value is -1.66. The Labute approximate surface area is 151 Å². The van der Waals surface area contributed by atoms with Crippen molar-refractivity contribution >= 4 is 21.9 Å². The number of aliphatic carboxylic acids is 1. The Balaban J connectivity index is 2.30. The first-order valence-corrected chi connectivity index (χ1v) is 8.98. The van der Waals surface area contributed by atoms with Crippen molar-refractivity contribution in [1.82, 2.24) is 14.7 Å². The molecule has 0 saturated heterocycles. The van der Waals surface area contributed by atoms with E-state index in [2.05, 4.69) is 36.7 Å². The zero-order valence-corrected chi connectivity index (χ0v) is 16.0. The molecule has 0 spiro atoms. The standard InChI is InChI=1S/C18H24BrN3O2/c1-4-9-21(12-17(23)24)10-14-11-22(20-18(14)13(2)3)16-7-5-15(19)6-8-16/h5-8,11,13H,4,9-10,12H2,1-3H3,(H,23,24). The van der Waals surface area contributed by atoms with Crippen LogP contribution in [-0.2, 0) is 11.3 Å². The second-order valence-corrected chi connectivity index (χ2v) is 7.14. The van der Waals surface area contributed by atoms with Gasteiger partial charge in [-0.05, 0) is 43.1 Å². The molecular weight excluding hydrogens is 370 g/mol. The number of carboxylic acids is 1. The molecule has 0 bridgehead atoms. The fourth-order valence-corrected chi connectivity index (χ4v) is 2.98. The maximum atomic E-state index is 11.1. The Kier molecular flexibility index (Phi) is 6.57. The summed E-state index contributed by atoms with van der Waals surface area (Å²) in [6.45, 7) is 7.69. The van der Waals surface area contributed by atoms with E-state index >= 15 is 0 Å². The summed E-state index contributed by atoms with van der Waals surface area (Å²) in [7, 11) is 0. The lowest BCUT2D eigenvalue weighted by atomic mass is 10.1. The van der Waals surface area contributed by atoms with Crippen molar-refractivity contribution in [1.29, 1.82) is 0 Å². The lowest BCUT2D eigenvalue weighted by Crippen LogP contribution is -2.30. The molecule has 6 heteroatoms. The molecule has 0 amide bonds. The molecule has 130 valence electrons. The molecule has 1 aromatic carbocycles. The zero-order chi connectivity index (χ0) is 17.7. The van der Waals surface area contributed by atoms with Crippen molar-refractivity contribution in [2.75, 3.05) is 13.1 Å². The molecule has 24 heavy (non-hydrogen) atoms. The summed E-state index contributed by atoms with van der Waals surface area (Å²) in [5.41, 5.74) is 3.10. The number of aromatic nitrogens is 2. The average Bonchev–Trinajstić information content (AvgIpc) is 2.91. The Morgan fingerprint density at radius 2 is 2.00 bits per heavy atom. The minimum atomic E-state index is -0.796. The molecule has 0 atom stereocenters. The summed E-state index contributed by atoms with van der Waals surface area (Å²) in [6.07, 6.45) is 2.94. The van der Waals surface area contributed by atoms with Gasteiger partial charge in [-0.15, -0.1) is 0 Å². The van der Waals surface area contributed by atoms with Crippen molar-refractivity contribution in [3.8, 4) is 5.69 Å². The van der Waals surface area contributed by atoms with Gasteiger partial charge in [0.2, 0.25) is 0 Å². The predicted octanol–water partition coefficient (Wildman–Crippen LogP) is 4.05. The minimum absolute atomic E-state index is 0.0504. The van der Waals surface area contributed by atoms with Crippen molar-refractivity contribution in [3.05, 3.63) is 46.2 Å². The number of carbonyl (C=O) groups is 1. The molecule has 0 radical (unpaired) electrons. The molecule has 1 N–H and O–H groups in total. The Morgan fingerprint density at radius 1 is 1.33 bits per heavy atom. The molecule has 0 fully saturated rings. The molecule has 0 aliphatic carbocycles. The summed E-state index contributed by atoms with van der Waals surface area (Å²) in [5.74, 6) is -0.514. The largest absolute Gasteiger partial charge is 0.480 e. The van der Waals surface area contributed by atoms with Crippen LogP contribution in [-0.4, -0.2) is 38.8 Å². The summed E-state index contributed by atoms with van der Waals surface area (Å²) >= 11 is 3.44. The van der Waals surface area contributed by atoms with E-state index in [-0.39, 0.29) is 12.5 Å². The first kappa shape index (κ1) is 18.7. The maximum Gasteiger partial charge on any atom is 0.317 e. The van der Waals surface area contributed by atoms with Crippen LogP contribution in [0.5, 0.6) is 0 Å². The molecule has 2 aromatic rings. The van der Waals surface area contributed by atoms with Gasteiger partial charge in [-0.1, -0.05) is 36.7 Å². The van der Waals surface area contributed by atoms with Crippen LogP contribution < -0.4 is 0 Å². The van der Waals surface area contributed by atoms with E-state index in [0.717, 1.165) is 34.4 Å². The maximum absolute atomic E-state index is 11.1. The fourth-order valence-electron chi connectivity index (χ4n) is 2.72. The SMILES string of the molecule is CCCN(CC(=O)O)Cc1cn(-c2ccc(Br)cc2)nc1C(C)C.